The Morgan fingerprint density at radius 1 is 1.11 bits per heavy atom. The number of carbonyl (C=O) groups excluding carboxylic acids is 1. The molecule has 0 bridgehead atoms. The van der Waals surface area contributed by atoms with E-state index in [4.69, 9.17) is 9.47 Å². The molecule has 0 unspecified atom stereocenters. The molecule has 0 saturated carbocycles. The van der Waals surface area contributed by atoms with Gasteiger partial charge in [-0.3, -0.25) is 9.79 Å². The first kappa shape index (κ1) is 18.9. The van der Waals surface area contributed by atoms with Crippen LogP contribution in [0.1, 0.15) is 33.5 Å². The Morgan fingerprint density at radius 3 is 2.48 bits per heavy atom. The molecule has 1 aliphatic rings. The number of halogens is 3. The fourth-order valence-corrected chi connectivity index (χ4v) is 3.07. The quantitative estimate of drug-likeness (QED) is 0.729. The molecule has 1 aliphatic heterocycles. The normalized spacial score (nSPS) is 13.6. The monoisotopic (exact) mass is 377 g/mol. The number of hydrogen-bond donors (Lipinski definition) is 0. The summed E-state index contributed by atoms with van der Waals surface area (Å²) in [5.41, 5.74) is 1.44. The van der Waals surface area contributed by atoms with Crippen LogP contribution in [0.2, 0.25) is 0 Å². The largest absolute Gasteiger partial charge is 0.493 e. The van der Waals surface area contributed by atoms with Crippen molar-refractivity contribution in [1.82, 2.24) is 0 Å². The Kier molecular flexibility index (Phi) is 5.21. The fourth-order valence-electron chi connectivity index (χ4n) is 3.07. The zero-order chi connectivity index (χ0) is 19.6. The Bertz CT molecular complexity index is 904. The topological polar surface area (TPSA) is 47.9 Å². The van der Waals surface area contributed by atoms with E-state index < -0.39 is 17.5 Å². The molecule has 0 spiro atoms. The highest BCUT2D eigenvalue weighted by molar-refractivity contribution is 6.16. The number of carbonyl (C=O) groups is 1. The second kappa shape index (κ2) is 7.42. The van der Waals surface area contributed by atoms with Crippen LogP contribution in [0.5, 0.6) is 11.5 Å². The number of ether oxygens (including phenoxy) is 2. The first-order valence-corrected chi connectivity index (χ1v) is 8.32. The molecule has 0 fully saturated rings. The van der Waals surface area contributed by atoms with Crippen LogP contribution in [-0.4, -0.2) is 32.3 Å². The fraction of sp³-hybridized carbons (Fsp3) is 0.300. The number of nitrogens with zero attached hydrogens (tertiary/aromatic N) is 1. The van der Waals surface area contributed by atoms with Crippen molar-refractivity contribution in [3.05, 3.63) is 58.7 Å². The van der Waals surface area contributed by atoms with Gasteiger partial charge in [-0.05, 0) is 36.2 Å². The van der Waals surface area contributed by atoms with Crippen molar-refractivity contribution >= 4 is 11.5 Å². The van der Waals surface area contributed by atoms with Gasteiger partial charge in [-0.25, -0.2) is 0 Å². The predicted octanol–water partition coefficient (Wildman–Crippen LogP) is 4.34. The van der Waals surface area contributed by atoms with Crippen LogP contribution in [0, 0.1) is 0 Å². The third kappa shape index (κ3) is 3.97. The van der Waals surface area contributed by atoms with E-state index in [1.165, 1.54) is 19.2 Å². The molecule has 27 heavy (non-hydrogen) atoms. The minimum absolute atomic E-state index is 0.0140. The first-order chi connectivity index (χ1) is 12.8. The van der Waals surface area contributed by atoms with Crippen LogP contribution in [0.25, 0.3) is 0 Å². The van der Waals surface area contributed by atoms with Crippen molar-refractivity contribution in [2.45, 2.75) is 19.0 Å². The zero-order valence-corrected chi connectivity index (χ0v) is 14.9. The average molecular weight is 377 g/mol. The summed E-state index contributed by atoms with van der Waals surface area (Å²) in [4.78, 5) is 17.0. The maximum Gasteiger partial charge on any atom is 0.416 e. The number of methoxy groups -OCH3 is 2. The second-order valence-electron chi connectivity index (χ2n) is 6.12. The van der Waals surface area contributed by atoms with Crippen LogP contribution in [0.4, 0.5) is 13.2 Å². The van der Waals surface area contributed by atoms with E-state index in [1.54, 1.807) is 13.2 Å². The Morgan fingerprint density at radius 2 is 1.81 bits per heavy atom. The third-order valence-corrected chi connectivity index (χ3v) is 4.44. The van der Waals surface area contributed by atoms with Gasteiger partial charge in [0.25, 0.3) is 0 Å². The SMILES string of the molecule is COc1cc2c(cc1OC)C(CC(=O)c1cccc(C(F)(F)F)c1)=NCC2. The van der Waals surface area contributed by atoms with Gasteiger partial charge in [-0.15, -0.1) is 0 Å². The van der Waals surface area contributed by atoms with E-state index in [-0.39, 0.29) is 12.0 Å². The number of hydrogen-bond acceptors (Lipinski definition) is 4. The summed E-state index contributed by atoms with van der Waals surface area (Å²) < 4.78 is 49.2. The molecule has 0 radical (unpaired) electrons. The molecule has 0 aromatic heterocycles. The first-order valence-electron chi connectivity index (χ1n) is 8.32. The second-order valence-corrected chi connectivity index (χ2v) is 6.12. The van der Waals surface area contributed by atoms with E-state index in [0.717, 1.165) is 23.3 Å². The van der Waals surface area contributed by atoms with Crippen molar-refractivity contribution in [3.8, 4) is 11.5 Å². The zero-order valence-electron chi connectivity index (χ0n) is 14.9. The lowest BCUT2D eigenvalue weighted by molar-refractivity contribution is -0.137. The summed E-state index contributed by atoms with van der Waals surface area (Å²) in [5.74, 6) is 0.682. The molecule has 2 aromatic rings. The number of aliphatic imine (C=N–C) groups is 1. The Balaban J connectivity index is 1.89. The van der Waals surface area contributed by atoms with Gasteiger partial charge >= 0.3 is 6.18 Å². The van der Waals surface area contributed by atoms with Gasteiger partial charge < -0.3 is 9.47 Å². The van der Waals surface area contributed by atoms with Crippen molar-refractivity contribution in [2.24, 2.45) is 4.99 Å². The van der Waals surface area contributed by atoms with Gasteiger partial charge in [0.1, 0.15) is 0 Å². The highest BCUT2D eigenvalue weighted by atomic mass is 19.4. The van der Waals surface area contributed by atoms with E-state index >= 15 is 0 Å². The minimum Gasteiger partial charge on any atom is -0.493 e. The molecule has 142 valence electrons. The van der Waals surface area contributed by atoms with Gasteiger partial charge in [0.05, 0.1) is 31.9 Å². The lowest BCUT2D eigenvalue weighted by Gasteiger charge is -2.19. The van der Waals surface area contributed by atoms with Crippen LogP contribution in [0.3, 0.4) is 0 Å². The molecule has 0 amide bonds. The van der Waals surface area contributed by atoms with Gasteiger partial charge in [0.2, 0.25) is 0 Å². The smallest absolute Gasteiger partial charge is 0.416 e. The highest BCUT2D eigenvalue weighted by Gasteiger charge is 2.31. The summed E-state index contributed by atoms with van der Waals surface area (Å²) in [6, 6.07) is 8.04. The van der Waals surface area contributed by atoms with Crippen molar-refractivity contribution in [3.63, 3.8) is 0 Å². The number of benzene rings is 2. The van der Waals surface area contributed by atoms with Crippen molar-refractivity contribution < 1.29 is 27.4 Å². The van der Waals surface area contributed by atoms with Crippen LogP contribution in [-0.2, 0) is 12.6 Å². The molecule has 2 aromatic carbocycles. The molecule has 0 atom stereocenters. The summed E-state index contributed by atoms with van der Waals surface area (Å²) in [7, 11) is 3.05. The summed E-state index contributed by atoms with van der Waals surface area (Å²) >= 11 is 0. The Hall–Kier alpha value is -2.83. The number of rotatable bonds is 5. The van der Waals surface area contributed by atoms with Crippen molar-refractivity contribution in [1.29, 1.82) is 0 Å². The number of fused-ring (bicyclic) bond motifs is 1. The summed E-state index contributed by atoms with van der Waals surface area (Å²) in [5, 5.41) is 0. The van der Waals surface area contributed by atoms with E-state index in [0.29, 0.717) is 30.2 Å². The Labute approximate surface area is 154 Å². The number of Topliss-reactive ketones (excluding diaryl/α,β-unsaturated/α-hetero) is 1. The standard InChI is InChI=1S/C20H18F3NO3/c1-26-18-9-12-6-7-24-16(15(12)10-19(18)27-2)11-17(25)13-4-3-5-14(8-13)20(21,22)23/h3-5,8-10H,6-7,11H2,1-2H3. The minimum atomic E-state index is -4.49. The molecule has 4 nitrogen and oxygen atoms in total. The van der Waals surface area contributed by atoms with Gasteiger partial charge in [0.15, 0.2) is 17.3 Å². The maximum absolute atomic E-state index is 12.9. The van der Waals surface area contributed by atoms with Crippen molar-refractivity contribution in [2.75, 3.05) is 20.8 Å². The number of alkyl halides is 3. The third-order valence-electron chi connectivity index (χ3n) is 4.44. The van der Waals surface area contributed by atoms with E-state index in [2.05, 4.69) is 4.99 Å². The molecule has 7 heteroatoms. The summed E-state index contributed by atoms with van der Waals surface area (Å²) in [6.07, 6.45) is -3.88. The lowest BCUT2D eigenvalue weighted by atomic mass is 9.92. The molecule has 0 aliphatic carbocycles. The van der Waals surface area contributed by atoms with E-state index in [9.17, 15) is 18.0 Å². The number of ketones is 1. The van der Waals surface area contributed by atoms with Crippen LogP contribution >= 0.6 is 0 Å². The molecular weight excluding hydrogens is 359 g/mol. The molecule has 0 N–H and O–H groups in total. The lowest BCUT2D eigenvalue weighted by Crippen LogP contribution is -2.18. The van der Waals surface area contributed by atoms with Gasteiger partial charge in [-0.2, -0.15) is 13.2 Å². The average Bonchev–Trinajstić information content (AvgIpc) is 2.66. The highest BCUT2D eigenvalue weighted by Crippen LogP contribution is 2.33. The molecule has 1 heterocycles. The van der Waals surface area contributed by atoms with Crippen LogP contribution < -0.4 is 9.47 Å². The molecule has 0 saturated heterocycles. The van der Waals surface area contributed by atoms with Gasteiger partial charge in [0, 0.05) is 17.7 Å². The molecular formula is C20H18F3NO3. The predicted molar refractivity (Wildman–Crippen MR) is 95.0 cm³/mol. The van der Waals surface area contributed by atoms with Gasteiger partial charge in [-0.1, -0.05) is 12.1 Å². The molecule has 3 rings (SSSR count). The van der Waals surface area contributed by atoms with Crippen LogP contribution in [0.15, 0.2) is 41.4 Å². The van der Waals surface area contributed by atoms with E-state index in [1.807, 2.05) is 6.07 Å². The maximum atomic E-state index is 12.9. The summed E-state index contributed by atoms with van der Waals surface area (Å²) in [6.45, 7) is 0.508.